The Hall–Kier alpha value is -2.09. The molecule has 0 saturated carbocycles. The number of carbonyl (C=O) groups is 1. The predicted octanol–water partition coefficient (Wildman–Crippen LogP) is 3.25. The molecule has 0 bridgehead atoms. The van der Waals surface area contributed by atoms with E-state index in [1.165, 1.54) is 22.5 Å². The van der Waals surface area contributed by atoms with E-state index in [1.807, 2.05) is 19.1 Å². The molecule has 8 heteroatoms. The summed E-state index contributed by atoms with van der Waals surface area (Å²) in [6, 6.07) is 11.7. The largest absolute Gasteiger partial charge is 0.382 e. The highest BCUT2D eigenvalue weighted by Gasteiger charge is 2.32. The lowest BCUT2D eigenvalue weighted by atomic mass is 10.2. The van der Waals surface area contributed by atoms with E-state index < -0.39 is 10.0 Å². The lowest BCUT2D eigenvalue weighted by Crippen LogP contribution is -2.30. The molecule has 0 spiro atoms. The first-order chi connectivity index (χ1) is 13.4. The van der Waals surface area contributed by atoms with Crippen LogP contribution in [0.5, 0.6) is 0 Å². The van der Waals surface area contributed by atoms with Gasteiger partial charge in [0.25, 0.3) is 15.9 Å². The van der Waals surface area contributed by atoms with Crippen molar-refractivity contribution < 1.29 is 17.9 Å². The van der Waals surface area contributed by atoms with Gasteiger partial charge in [-0.15, -0.1) is 0 Å². The molecule has 2 aromatic carbocycles. The normalized spacial score (nSPS) is 13.4. The third kappa shape index (κ3) is 4.32. The smallest absolute Gasteiger partial charge is 0.265 e. The van der Waals surface area contributed by atoms with E-state index in [0.29, 0.717) is 44.8 Å². The summed E-state index contributed by atoms with van der Waals surface area (Å²) in [5.74, 6) is -0.341. The van der Waals surface area contributed by atoms with Gasteiger partial charge in [-0.25, -0.2) is 8.42 Å². The number of sulfonamides is 1. The summed E-state index contributed by atoms with van der Waals surface area (Å²) in [5.41, 5.74) is 1.89. The molecule has 1 amide bonds. The highest BCUT2D eigenvalue weighted by molar-refractivity contribution is 7.93. The summed E-state index contributed by atoms with van der Waals surface area (Å²) >= 11 is 6.20. The zero-order valence-corrected chi connectivity index (χ0v) is 17.2. The van der Waals surface area contributed by atoms with Crippen LogP contribution >= 0.6 is 11.6 Å². The molecule has 0 radical (unpaired) electrons. The molecule has 1 heterocycles. The maximum absolute atomic E-state index is 13.2. The number of halogens is 1. The molecule has 1 aliphatic rings. The van der Waals surface area contributed by atoms with Crippen molar-refractivity contribution in [3.05, 3.63) is 58.6 Å². The summed E-state index contributed by atoms with van der Waals surface area (Å²) in [6.07, 6.45) is 1.33. The Kier molecular flexibility index (Phi) is 6.59. The molecule has 2 aromatic rings. The van der Waals surface area contributed by atoms with Crippen molar-refractivity contribution in [3.8, 4) is 0 Å². The van der Waals surface area contributed by atoms with E-state index in [9.17, 15) is 13.2 Å². The average molecular weight is 423 g/mol. The molecule has 0 aromatic heterocycles. The van der Waals surface area contributed by atoms with Gasteiger partial charge in [0.1, 0.15) is 4.90 Å². The van der Waals surface area contributed by atoms with Crippen molar-refractivity contribution in [1.29, 1.82) is 0 Å². The van der Waals surface area contributed by atoms with Crippen molar-refractivity contribution in [2.45, 2.75) is 24.7 Å². The van der Waals surface area contributed by atoms with Crippen molar-refractivity contribution in [2.24, 2.45) is 0 Å². The first-order valence-corrected chi connectivity index (χ1v) is 11.0. The second-order valence-electron chi connectivity index (χ2n) is 6.41. The highest BCUT2D eigenvalue weighted by atomic mass is 35.5. The lowest BCUT2D eigenvalue weighted by Gasteiger charge is -2.20. The molecule has 0 fully saturated rings. The predicted molar refractivity (Wildman–Crippen MR) is 110 cm³/mol. The van der Waals surface area contributed by atoms with Gasteiger partial charge in [-0.3, -0.25) is 9.10 Å². The topological polar surface area (TPSA) is 75.7 Å². The second kappa shape index (κ2) is 8.94. The summed E-state index contributed by atoms with van der Waals surface area (Å²) < 4.78 is 33.0. The van der Waals surface area contributed by atoms with E-state index >= 15 is 0 Å². The lowest BCUT2D eigenvalue weighted by molar-refractivity contribution is 0.0944. The van der Waals surface area contributed by atoms with Gasteiger partial charge in [0.05, 0.1) is 10.7 Å². The molecule has 0 atom stereocenters. The molecule has 28 heavy (non-hydrogen) atoms. The number of carbonyl (C=O) groups excluding carboxylic acids is 1. The minimum Gasteiger partial charge on any atom is -0.382 e. The number of fused-ring (bicyclic) bond motifs is 1. The Labute approximate surface area is 170 Å². The van der Waals surface area contributed by atoms with Gasteiger partial charge in [-0.2, -0.15) is 0 Å². The molecule has 3 rings (SSSR count). The summed E-state index contributed by atoms with van der Waals surface area (Å²) in [6.45, 7) is 3.90. The number of hydrogen-bond acceptors (Lipinski definition) is 4. The van der Waals surface area contributed by atoms with E-state index in [1.54, 1.807) is 12.1 Å². The fraction of sp³-hybridized carbons (Fsp3) is 0.350. The van der Waals surface area contributed by atoms with Crippen molar-refractivity contribution >= 4 is 33.2 Å². The van der Waals surface area contributed by atoms with Crippen LogP contribution in [-0.4, -0.2) is 40.6 Å². The van der Waals surface area contributed by atoms with Crippen LogP contribution in [0.25, 0.3) is 0 Å². The number of anilines is 1. The Morgan fingerprint density at radius 2 is 2.04 bits per heavy atom. The van der Waals surface area contributed by atoms with Crippen LogP contribution in [0, 0.1) is 0 Å². The molecule has 0 unspecified atom stereocenters. The maximum atomic E-state index is 13.2. The number of nitrogens with zero attached hydrogens (tertiary/aromatic N) is 1. The van der Waals surface area contributed by atoms with E-state index in [-0.39, 0.29) is 21.4 Å². The minimum absolute atomic E-state index is 0.0622. The summed E-state index contributed by atoms with van der Waals surface area (Å²) in [4.78, 5) is 12.3. The zero-order valence-electron chi connectivity index (χ0n) is 15.7. The van der Waals surface area contributed by atoms with Crippen LogP contribution in [0.1, 0.15) is 29.3 Å². The molecular weight excluding hydrogens is 400 g/mol. The van der Waals surface area contributed by atoms with Gasteiger partial charge < -0.3 is 10.1 Å². The van der Waals surface area contributed by atoms with Crippen molar-refractivity contribution in [3.63, 3.8) is 0 Å². The number of benzene rings is 2. The number of hydrogen-bond donors (Lipinski definition) is 1. The fourth-order valence-corrected chi connectivity index (χ4v) is 5.15. The SMILES string of the molecule is CCOCCCNC(=O)c1ccc(Cl)c(S(=O)(=O)N2CCc3ccccc32)c1. The molecule has 0 aliphatic carbocycles. The van der Waals surface area contributed by atoms with Gasteiger partial charge in [-0.05, 0) is 49.6 Å². The molecule has 150 valence electrons. The molecule has 1 aliphatic heterocycles. The molecule has 6 nitrogen and oxygen atoms in total. The minimum atomic E-state index is -3.87. The molecule has 1 N–H and O–H groups in total. The quantitative estimate of drug-likeness (QED) is 0.662. The van der Waals surface area contributed by atoms with E-state index in [0.717, 1.165) is 5.56 Å². The van der Waals surface area contributed by atoms with Crippen LogP contribution < -0.4 is 9.62 Å². The fourth-order valence-electron chi connectivity index (χ4n) is 3.14. The Balaban J connectivity index is 1.81. The van der Waals surface area contributed by atoms with Crippen LogP contribution in [0.3, 0.4) is 0 Å². The maximum Gasteiger partial charge on any atom is 0.265 e. The van der Waals surface area contributed by atoms with Crippen LogP contribution in [0.4, 0.5) is 5.69 Å². The number of ether oxygens (including phenoxy) is 1. The van der Waals surface area contributed by atoms with Crippen LogP contribution in [-0.2, 0) is 21.2 Å². The van der Waals surface area contributed by atoms with Gasteiger partial charge >= 0.3 is 0 Å². The van der Waals surface area contributed by atoms with Gasteiger partial charge in [0.15, 0.2) is 0 Å². The first-order valence-electron chi connectivity index (χ1n) is 9.21. The third-order valence-electron chi connectivity index (χ3n) is 4.56. The average Bonchev–Trinajstić information content (AvgIpc) is 3.13. The molecule has 0 saturated heterocycles. The standard InChI is InChI=1S/C20H23ClN2O4S/c1-2-27-13-5-11-22-20(24)16-8-9-17(21)19(14-16)28(25,26)23-12-10-15-6-3-4-7-18(15)23/h3-4,6-9,14H,2,5,10-13H2,1H3,(H,22,24). The van der Waals surface area contributed by atoms with Crippen LogP contribution in [0.2, 0.25) is 5.02 Å². The van der Waals surface area contributed by atoms with Gasteiger partial charge in [0.2, 0.25) is 0 Å². The monoisotopic (exact) mass is 422 g/mol. The second-order valence-corrected chi connectivity index (χ2v) is 8.65. The van der Waals surface area contributed by atoms with E-state index in [2.05, 4.69) is 5.32 Å². The number of nitrogens with one attached hydrogen (secondary N) is 1. The summed E-state index contributed by atoms with van der Waals surface area (Å²) in [7, 11) is -3.87. The highest BCUT2D eigenvalue weighted by Crippen LogP contribution is 2.35. The molecular formula is C20H23ClN2O4S. The van der Waals surface area contributed by atoms with Gasteiger partial charge in [-0.1, -0.05) is 29.8 Å². The number of amides is 1. The first kappa shape index (κ1) is 20.6. The van der Waals surface area contributed by atoms with Crippen molar-refractivity contribution in [1.82, 2.24) is 5.32 Å². The third-order valence-corrected chi connectivity index (χ3v) is 6.86. The number of para-hydroxylation sites is 1. The Morgan fingerprint density at radius 1 is 1.25 bits per heavy atom. The summed E-state index contributed by atoms with van der Waals surface area (Å²) in [5, 5.41) is 2.87. The Morgan fingerprint density at radius 3 is 2.82 bits per heavy atom. The Bertz CT molecular complexity index is 962. The van der Waals surface area contributed by atoms with Gasteiger partial charge in [0, 0.05) is 31.9 Å². The zero-order chi connectivity index (χ0) is 20.1. The van der Waals surface area contributed by atoms with Crippen molar-refractivity contribution in [2.75, 3.05) is 30.6 Å². The van der Waals surface area contributed by atoms with E-state index in [4.69, 9.17) is 16.3 Å². The van der Waals surface area contributed by atoms with Crippen LogP contribution in [0.15, 0.2) is 47.4 Å². The number of rotatable bonds is 8.